The van der Waals surface area contributed by atoms with Crippen molar-refractivity contribution in [3.8, 4) is 11.5 Å². The summed E-state index contributed by atoms with van der Waals surface area (Å²) < 4.78 is 79.6. The summed E-state index contributed by atoms with van der Waals surface area (Å²) in [7, 11) is -7.66. The first kappa shape index (κ1) is 98.6. The first-order valence-corrected chi connectivity index (χ1v) is 45.6. The van der Waals surface area contributed by atoms with Crippen molar-refractivity contribution in [3.63, 3.8) is 0 Å². The molecule has 0 aliphatic carbocycles. The molecule has 4 heterocycles. The molecule has 2 aliphatic heterocycles. The summed E-state index contributed by atoms with van der Waals surface area (Å²) in [4.78, 5) is 173. The number of para-hydroxylation sites is 1. The van der Waals surface area contributed by atoms with E-state index in [1.807, 2.05) is 27.7 Å². The van der Waals surface area contributed by atoms with E-state index < -0.39 is 151 Å². The molecule has 678 valence electrons. The van der Waals surface area contributed by atoms with E-state index in [-0.39, 0.29) is 103 Å². The van der Waals surface area contributed by atoms with Gasteiger partial charge in [-0.15, -0.1) is 23.5 Å². The Labute approximate surface area is 734 Å². The fraction of sp³-hybridized carbons (Fsp3) is 0.482. The number of guanidine groups is 2. The van der Waals surface area contributed by atoms with Gasteiger partial charge in [-0.05, 0) is 152 Å². The van der Waals surface area contributed by atoms with Crippen LogP contribution in [-0.4, -0.2) is 218 Å². The van der Waals surface area contributed by atoms with Gasteiger partial charge in [-0.25, -0.2) is 36.1 Å². The second-order valence-electron chi connectivity index (χ2n) is 31.9. The Morgan fingerprint density at radius 2 is 0.968 bits per heavy atom. The Kier molecular flexibility index (Phi) is 34.5. The van der Waals surface area contributed by atoms with E-state index in [9.17, 15) is 60.0 Å². The van der Waals surface area contributed by atoms with Crippen LogP contribution in [0.5, 0.6) is 11.5 Å². The van der Waals surface area contributed by atoms with Crippen molar-refractivity contribution in [3.05, 3.63) is 135 Å². The Balaban J connectivity index is 1.02. The quantitative estimate of drug-likeness (QED) is 0.00650. The molecule has 6 aromatic rings. The number of benzene rings is 4. The lowest BCUT2D eigenvalue weighted by Crippen LogP contribution is -2.61. The standard InChI is InChI=1S/C83H113N19O19S4/c1-44-46(3)70(48(5)58-34-82(11,12)120-68(44)58)124(115,116)100-80(84)87-29-21-26-60(93-53(10)106)73(108)98-65(38-122-41-90-51(8)104)78(113)92-50(7)72(107)95-64(33-56-36-86-40-89-56)77(112)96-62(31-54-23-17-16-18-24-54)75(110)94-61(27-22-30-88-81(85)101-125(117,118)71-47(4)45(2)69-59(49(71)6)35-83(13,14)121-69)74(109)97-63(32-55-37-102(43-103)67-28-20-19-25-57(55)67)76(111)99-66(79(114)119-15)39-123-42-91-52(9)105/h16-20,23-25,28,36-37,40,43,50,60-66H,21-22,26-27,29-35,38-39,41-42H2,1-15H3,(H,86,89)(H,90,104)(H,91,105)(H,92,113)(H,93,106)(H,94,110)(H,95,107)(H,96,112)(H,97,109)(H,98,108)(H,99,111)(H3,84,87,100)(H3,85,88,101)/t50-,60+,61+,62-,63+,64+,65+,66+/m1/s1. The van der Waals surface area contributed by atoms with Crippen LogP contribution in [0.1, 0.15) is 142 Å². The van der Waals surface area contributed by atoms with Crippen LogP contribution in [0, 0.1) is 52.4 Å². The van der Waals surface area contributed by atoms with E-state index in [4.69, 9.17) is 25.0 Å². The van der Waals surface area contributed by atoms with E-state index >= 15 is 14.4 Å². The number of methoxy groups -OCH3 is 1. The summed E-state index contributed by atoms with van der Waals surface area (Å²) in [6.07, 6.45) is 4.17. The van der Waals surface area contributed by atoms with Crippen molar-refractivity contribution in [1.82, 2.24) is 87.8 Å². The summed E-state index contributed by atoms with van der Waals surface area (Å²) >= 11 is 2.08. The topological polar surface area (TPSA) is 551 Å². The van der Waals surface area contributed by atoms with Gasteiger partial charge in [-0.1, -0.05) is 48.5 Å². The number of carbonyl (C=O) groups excluding carboxylic acids is 12. The molecule has 0 saturated heterocycles. The molecular weight excluding hydrogens is 1700 g/mol. The van der Waals surface area contributed by atoms with Gasteiger partial charge >= 0.3 is 5.97 Å². The van der Waals surface area contributed by atoms with Crippen molar-refractivity contribution in [1.29, 1.82) is 10.8 Å². The van der Waals surface area contributed by atoms with Gasteiger partial charge in [0.25, 0.3) is 20.0 Å². The third kappa shape index (κ3) is 27.1. The van der Waals surface area contributed by atoms with E-state index in [0.717, 1.165) is 43.1 Å². The average molecular weight is 1810 g/mol. The highest BCUT2D eigenvalue weighted by Gasteiger charge is 2.41. The van der Waals surface area contributed by atoms with Gasteiger partial charge in [0, 0.05) is 106 Å². The number of aromatic nitrogens is 3. The van der Waals surface area contributed by atoms with Gasteiger partial charge in [0.2, 0.25) is 77.4 Å². The van der Waals surface area contributed by atoms with Gasteiger partial charge < -0.3 is 83.0 Å². The minimum absolute atomic E-state index is 0.0114. The van der Waals surface area contributed by atoms with Crippen LogP contribution >= 0.6 is 23.5 Å². The number of H-pyrrole nitrogens is 1. The van der Waals surface area contributed by atoms with Gasteiger partial charge in [-0.2, -0.15) is 0 Å². The number of rotatable bonds is 43. The molecule has 0 fully saturated rings. The molecule has 0 spiro atoms. The molecule has 2 aromatic heterocycles. The fourth-order valence-corrected chi connectivity index (χ4v) is 19.4. The number of nitrogens with zero attached hydrogens (tertiary/aromatic N) is 2. The predicted octanol–water partition coefficient (Wildman–Crippen LogP) is 2.02. The summed E-state index contributed by atoms with van der Waals surface area (Å²) in [5.41, 5.74) is 4.86. The van der Waals surface area contributed by atoms with Crippen molar-refractivity contribution < 1.29 is 88.6 Å². The Morgan fingerprint density at radius 1 is 0.536 bits per heavy atom. The molecule has 2 aliphatic rings. The van der Waals surface area contributed by atoms with Crippen molar-refractivity contribution >= 4 is 138 Å². The van der Waals surface area contributed by atoms with Crippen molar-refractivity contribution in [2.24, 2.45) is 0 Å². The van der Waals surface area contributed by atoms with Crippen LogP contribution in [0.2, 0.25) is 0 Å². The van der Waals surface area contributed by atoms with Crippen LogP contribution in [0.3, 0.4) is 0 Å². The van der Waals surface area contributed by atoms with Crippen molar-refractivity contribution in [2.75, 3.05) is 43.5 Å². The highest BCUT2D eigenvalue weighted by molar-refractivity contribution is 7.99. The molecule has 4 aromatic carbocycles. The maximum absolute atomic E-state index is 15.4. The van der Waals surface area contributed by atoms with Crippen LogP contribution in [0.25, 0.3) is 10.9 Å². The molecule has 8 rings (SSSR count). The summed E-state index contributed by atoms with van der Waals surface area (Å²) in [5.74, 6) is -9.37. The number of fused-ring (bicyclic) bond motifs is 3. The monoisotopic (exact) mass is 1810 g/mol. The number of aromatic amines is 1. The average Bonchev–Trinajstić information content (AvgIpc) is 1.63. The van der Waals surface area contributed by atoms with E-state index in [0.29, 0.717) is 91.7 Å². The molecule has 125 heavy (non-hydrogen) atoms. The summed E-state index contributed by atoms with van der Waals surface area (Å²) in [5, 5.41) is 49.8. The van der Waals surface area contributed by atoms with Gasteiger partial charge in [0.15, 0.2) is 0 Å². The smallest absolute Gasteiger partial charge is 0.329 e. The number of hydrogen-bond acceptors (Lipinski definition) is 24. The molecule has 38 nitrogen and oxygen atoms in total. The van der Waals surface area contributed by atoms with E-state index in [1.54, 1.807) is 96.1 Å². The molecule has 0 saturated carbocycles. The first-order chi connectivity index (χ1) is 58.8. The van der Waals surface area contributed by atoms with Crippen LogP contribution < -0.4 is 82.7 Å². The normalized spacial score (nSPS) is 14.9. The second-order valence-corrected chi connectivity index (χ2v) is 37.2. The number of esters is 1. The molecule has 0 unspecified atom stereocenters. The Bertz CT molecular complexity index is 5300. The van der Waals surface area contributed by atoms with E-state index in [1.165, 1.54) is 44.1 Å². The largest absolute Gasteiger partial charge is 0.487 e. The first-order valence-electron chi connectivity index (χ1n) is 40.4. The second kappa shape index (κ2) is 43.7. The van der Waals surface area contributed by atoms with Crippen LogP contribution in [0.4, 0.5) is 0 Å². The number of thioether (sulfide) groups is 2. The maximum atomic E-state index is 15.4. The molecule has 8 atom stereocenters. The number of nitrogens with one attached hydrogen (secondary N) is 17. The number of hydrogen-bond donors (Lipinski definition) is 17. The van der Waals surface area contributed by atoms with Crippen LogP contribution in [0.15, 0.2) is 83.1 Å². The lowest BCUT2D eigenvalue weighted by Gasteiger charge is -2.28. The molecule has 10 amide bonds. The van der Waals surface area contributed by atoms with Gasteiger partial charge in [-0.3, -0.25) is 68.1 Å². The molecule has 42 heteroatoms. The Morgan fingerprint density at radius 3 is 1.45 bits per heavy atom. The van der Waals surface area contributed by atoms with Crippen LogP contribution in [-0.2, 0) is 114 Å². The Hall–Kier alpha value is -11.8. The summed E-state index contributed by atoms with van der Waals surface area (Å²) in [6.45, 7) is 22.5. The van der Waals surface area contributed by atoms with E-state index in [2.05, 4.69) is 83.2 Å². The number of sulfonamides is 2. The number of imidazole rings is 1. The molecule has 0 bridgehead atoms. The summed E-state index contributed by atoms with van der Waals surface area (Å²) in [6, 6.07) is 2.87. The molecule has 0 radical (unpaired) electrons. The number of carbonyl (C=O) groups is 12. The molecule has 17 N–H and O–H groups in total. The molecular formula is C83H113N19O19S4. The fourth-order valence-electron chi connectivity index (χ4n) is 14.6. The lowest BCUT2D eigenvalue weighted by atomic mass is 9.94. The minimum atomic E-state index is -4.44. The lowest BCUT2D eigenvalue weighted by molar-refractivity contribution is -0.144. The minimum Gasteiger partial charge on any atom is -0.487 e. The third-order valence-corrected chi connectivity index (χ3v) is 26.1. The number of ether oxygens (including phenoxy) is 3. The number of amides is 10. The zero-order chi connectivity index (χ0) is 92.2. The zero-order valence-corrected chi connectivity index (χ0v) is 75.8. The van der Waals surface area contributed by atoms with Gasteiger partial charge in [0.1, 0.15) is 71.0 Å². The predicted molar refractivity (Wildman–Crippen MR) is 470 cm³/mol. The van der Waals surface area contributed by atoms with Crippen molar-refractivity contribution in [2.45, 2.75) is 224 Å². The highest BCUT2D eigenvalue weighted by atomic mass is 32.2. The highest BCUT2D eigenvalue weighted by Crippen LogP contribution is 2.45. The third-order valence-electron chi connectivity index (χ3n) is 21.0. The maximum Gasteiger partial charge on any atom is 0.329 e. The van der Waals surface area contributed by atoms with Gasteiger partial charge in [0.05, 0.1) is 46.2 Å². The zero-order valence-electron chi connectivity index (χ0n) is 72.5. The SMILES string of the molecule is COC(=O)[C@H](CSCNC(C)=O)NC(=O)[C@H](Cc1cn(C=O)c2ccccc12)NC(=O)[C@H](CCCNC(=N)NS(=O)(=O)c1c(C)c(C)c2c(c1C)CC(C)(C)O2)NC(=O)[C@@H](Cc1ccccc1)NC(=O)[C@H](Cc1c[nH]cn1)NC(=O)[C@@H](C)NC(=O)[C@H](CSCNC(C)=O)NC(=O)[C@H](CCCNC(=N)NS(=O)(=O)c1c(C)c(C)c2c(c1C)CC(C)(C)O2)NC(C)=O.